The summed E-state index contributed by atoms with van der Waals surface area (Å²) < 4.78 is 3.53. The molecule has 178 valence electrons. The molecular weight excluding hydrogens is 444 g/mol. The second-order valence-electron chi connectivity index (χ2n) is 8.66. The van der Waals surface area contributed by atoms with Crippen molar-refractivity contribution in [2.24, 2.45) is 7.05 Å². The Morgan fingerprint density at radius 1 is 0.971 bits per heavy atom. The van der Waals surface area contributed by atoms with E-state index in [0.717, 1.165) is 25.3 Å². The Morgan fingerprint density at radius 2 is 1.69 bits per heavy atom. The summed E-state index contributed by atoms with van der Waals surface area (Å²) in [5.41, 5.74) is 3.84. The highest BCUT2D eigenvalue weighted by Crippen LogP contribution is 2.24. The van der Waals surface area contributed by atoms with E-state index in [2.05, 4.69) is 17.0 Å². The summed E-state index contributed by atoms with van der Waals surface area (Å²) in [4.78, 5) is 28.5. The number of non-ortho nitro benzene ring substituents is 1. The standard InChI is InChI=1S/C26H26N6O3/c1-28-13-5-8-24(28)23-18-25(31(27-23)21-9-11-22(12-10-21)32(34)35)26(33)30-16-14-29(15-17-30)19-20-6-3-2-4-7-20/h2-13,18H,14-17,19H2,1H3. The number of nitro groups is 1. The Bertz CT molecular complexity index is 1340. The van der Waals surface area contributed by atoms with Crippen LogP contribution in [0.3, 0.4) is 0 Å². The first-order valence-electron chi connectivity index (χ1n) is 11.5. The number of benzene rings is 2. The lowest BCUT2D eigenvalue weighted by Crippen LogP contribution is -2.48. The van der Waals surface area contributed by atoms with Crippen molar-refractivity contribution >= 4 is 11.6 Å². The fourth-order valence-electron chi connectivity index (χ4n) is 4.41. The molecule has 5 rings (SSSR count). The monoisotopic (exact) mass is 470 g/mol. The van der Waals surface area contributed by atoms with Gasteiger partial charge in [0.1, 0.15) is 11.4 Å². The number of aromatic nitrogens is 3. The van der Waals surface area contributed by atoms with Crippen molar-refractivity contribution in [1.29, 1.82) is 0 Å². The zero-order chi connectivity index (χ0) is 24.4. The fourth-order valence-corrected chi connectivity index (χ4v) is 4.41. The number of aryl methyl sites for hydroxylation is 1. The Balaban J connectivity index is 1.40. The van der Waals surface area contributed by atoms with Gasteiger partial charge in [-0.15, -0.1) is 0 Å². The van der Waals surface area contributed by atoms with Crippen LogP contribution in [0.2, 0.25) is 0 Å². The van der Waals surface area contributed by atoms with Crippen molar-refractivity contribution in [3.63, 3.8) is 0 Å². The van der Waals surface area contributed by atoms with Gasteiger partial charge in [0.05, 0.1) is 16.3 Å². The van der Waals surface area contributed by atoms with Gasteiger partial charge in [-0.25, -0.2) is 4.68 Å². The molecule has 2 aromatic heterocycles. The molecule has 0 saturated carbocycles. The van der Waals surface area contributed by atoms with Crippen molar-refractivity contribution in [2.75, 3.05) is 26.2 Å². The molecule has 0 N–H and O–H groups in total. The molecule has 0 spiro atoms. The van der Waals surface area contributed by atoms with Crippen LogP contribution in [-0.4, -0.2) is 61.2 Å². The van der Waals surface area contributed by atoms with Gasteiger partial charge in [-0.05, 0) is 35.9 Å². The molecule has 9 heteroatoms. The average molecular weight is 471 g/mol. The largest absolute Gasteiger partial charge is 0.349 e. The van der Waals surface area contributed by atoms with Crippen LogP contribution in [0.4, 0.5) is 5.69 Å². The van der Waals surface area contributed by atoms with Crippen molar-refractivity contribution in [3.8, 4) is 17.1 Å². The third kappa shape index (κ3) is 4.71. The lowest BCUT2D eigenvalue weighted by Gasteiger charge is -2.34. The Hall–Kier alpha value is -4.24. The van der Waals surface area contributed by atoms with E-state index in [0.29, 0.717) is 30.2 Å². The Morgan fingerprint density at radius 3 is 2.31 bits per heavy atom. The van der Waals surface area contributed by atoms with E-state index < -0.39 is 4.92 Å². The molecule has 1 saturated heterocycles. The van der Waals surface area contributed by atoms with Crippen LogP contribution < -0.4 is 0 Å². The van der Waals surface area contributed by atoms with Gasteiger partial charge in [0.2, 0.25) is 0 Å². The number of carbonyl (C=O) groups is 1. The first-order valence-corrected chi connectivity index (χ1v) is 11.5. The smallest absolute Gasteiger partial charge is 0.272 e. The summed E-state index contributed by atoms with van der Waals surface area (Å²) in [5, 5.41) is 15.8. The van der Waals surface area contributed by atoms with Gasteiger partial charge >= 0.3 is 0 Å². The van der Waals surface area contributed by atoms with Crippen LogP contribution in [0.25, 0.3) is 17.1 Å². The van der Waals surface area contributed by atoms with Gasteiger partial charge in [0.15, 0.2) is 0 Å². The second kappa shape index (κ2) is 9.55. The highest BCUT2D eigenvalue weighted by atomic mass is 16.6. The molecule has 0 radical (unpaired) electrons. The lowest BCUT2D eigenvalue weighted by molar-refractivity contribution is -0.384. The van der Waals surface area contributed by atoms with Crippen molar-refractivity contribution in [1.82, 2.24) is 24.1 Å². The number of nitro benzene ring substituents is 1. The normalized spacial score (nSPS) is 14.3. The quantitative estimate of drug-likeness (QED) is 0.316. The molecule has 9 nitrogen and oxygen atoms in total. The molecule has 0 bridgehead atoms. The third-order valence-electron chi connectivity index (χ3n) is 6.35. The maximum atomic E-state index is 13.6. The highest BCUT2D eigenvalue weighted by Gasteiger charge is 2.27. The van der Waals surface area contributed by atoms with Gasteiger partial charge in [-0.1, -0.05) is 30.3 Å². The van der Waals surface area contributed by atoms with E-state index in [1.165, 1.54) is 17.7 Å². The fraction of sp³-hybridized carbons (Fsp3) is 0.231. The molecule has 35 heavy (non-hydrogen) atoms. The zero-order valence-corrected chi connectivity index (χ0v) is 19.4. The van der Waals surface area contributed by atoms with E-state index >= 15 is 0 Å². The molecule has 1 amide bonds. The number of nitrogens with zero attached hydrogens (tertiary/aromatic N) is 6. The molecule has 1 aliphatic rings. The maximum absolute atomic E-state index is 13.6. The summed E-state index contributed by atoms with van der Waals surface area (Å²) in [5.74, 6) is -0.101. The van der Waals surface area contributed by atoms with Crippen molar-refractivity contribution < 1.29 is 9.72 Å². The molecule has 4 aromatic rings. The summed E-state index contributed by atoms with van der Waals surface area (Å²) in [6, 6.07) is 22.1. The van der Waals surface area contributed by atoms with Gasteiger partial charge in [0.25, 0.3) is 11.6 Å². The predicted molar refractivity (Wildman–Crippen MR) is 132 cm³/mol. The minimum Gasteiger partial charge on any atom is -0.349 e. The van der Waals surface area contributed by atoms with Crippen molar-refractivity contribution in [2.45, 2.75) is 6.54 Å². The lowest BCUT2D eigenvalue weighted by atomic mass is 10.2. The number of hydrogen-bond acceptors (Lipinski definition) is 5. The number of amides is 1. The maximum Gasteiger partial charge on any atom is 0.272 e. The molecule has 0 atom stereocenters. The average Bonchev–Trinajstić information content (AvgIpc) is 3.51. The number of piperazine rings is 1. The van der Waals surface area contributed by atoms with E-state index in [1.54, 1.807) is 22.9 Å². The molecule has 1 fully saturated rings. The Labute approximate surface area is 203 Å². The first kappa shape index (κ1) is 22.5. The van der Waals surface area contributed by atoms with Gasteiger partial charge in [-0.2, -0.15) is 5.10 Å². The molecule has 0 aliphatic carbocycles. The van der Waals surface area contributed by atoms with E-state index in [-0.39, 0.29) is 11.6 Å². The summed E-state index contributed by atoms with van der Waals surface area (Å²) in [6.07, 6.45) is 1.92. The molecule has 2 aromatic carbocycles. The van der Waals surface area contributed by atoms with Crippen molar-refractivity contribution in [3.05, 3.63) is 100 Å². The summed E-state index contributed by atoms with van der Waals surface area (Å²) in [7, 11) is 1.92. The molecule has 1 aliphatic heterocycles. The zero-order valence-electron chi connectivity index (χ0n) is 19.4. The van der Waals surface area contributed by atoms with Gasteiger partial charge < -0.3 is 9.47 Å². The second-order valence-corrected chi connectivity index (χ2v) is 8.66. The number of carbonyl (C=O) groups excluding carboxylic acids is 1. The predicted octanol–water partition coefficient (Wildman–Crippen LogP) is 3.74. The van der Waals surface area contributed by atoms with Crippen LogP contribution in [-0.2, 0) is 13.6 Å². The number of rotatable bonds is 6. The molecular formula is C26H26N6O3. The number of hydrogen-bond donors (Lipinski definition) is 0. The van der Waals surface area contributed by atoms with Crippen LogP contribution >= 0.6 is 0 Å². The van der Waals surface area contributed by atoms with Crippen LogP contribution in [0, 0.1) is 10.1 Å². The van der Waals surface area contributed by atoms with E-state index in [1.807, 2.05) is 53.0 Å². The van der Waals surface area contributed by atoms with E-state index in [4.69, 9.17) is 5.10 Å². The topological polar surface area (TPSA) is 89.4 Å². The molecule has 0 unspecified atom stereocenters. The van der Waals surface area contributed by atoms with Crippen LogP contribution in [0.1, 0.15) is 16.1 Å². The van der Waals surface area contributed by atoms with E-state index in [9.17, 15) is 14.9 Å². The van der Waals surface area contributed by atoms with Crippen LogP contribution in [0.5, 0.6) is 0 Å². The molecule has 3 heterocycles. The summed E-state index contributed by atoms with van der Waals surface area (Å²) in [6.45, 7) is 3.68. The SMILES string of the molecule is Cn1cccc1-c1cc(C(=O)N2CCN(Cc3ccccc3)CC2)n(-c2ccc([N+](=O)[O-])cc2)n1. The van der Waals surface area contributed by atoms with Crippen LogP contribution in [0.15, 0.2) is 79.0 Å². The third-order valence-corrected chi connectivity index (χ3v) is 6.35. The summed E-state index contributed by atoms with van der Waals surface area (Å²) >= 11 is 0. The first-order chi connectivity index (χ1) is 17.0. The van der Waals surface area contributed by atoms with Gasteiger partial charge in [-0.3, -0.25) is 19.8 Å². The minimum atomic E-state index is -0.441. The minimum absolute atomic E-state index is 0.00835. The van der Waals surface area contributed by atoms with Gasteiger partial charge in [0, 0.05) is 58.1 Å². The highest BCUT2D eigenvalue weighted by molar-refractivity contribution is 5.94. The Kier molecular flexibility index (Phi) is 6.15.